The van der Waals surface area contributed by atoms with Gasteiger partial charge in [-0.15, -0.1) is 0 Å². The van der Waals surface area contributed by atoms with Gasteiger partial charge < -0.3 is 10.2 Å². The Balaban J connectivity index is 2.32. The van der Waals surface area contributed by atoms with Crippen LogP contribution in [0.3, 0.4) is 0 Å². The highest BCUT2D eigenvalue weighted by atomic mass is 16.4. The number of hydrogen-bond acceptors (Lipinski definition) is 3. The van der Waals surface area contributed by atoms with Crippen molar-refractivity contribution in [3.63, 3.8) is 0 Å². The van der Waals surface area contributed by atoms with Crippen molar-refractivity contribution in [1.82, 2.24) is 0 Å². The van der Waals surface area contributed by atoms with E-state index in [1.165, 1.54) is 38.5 Å². The fourth-order valence-electron chi connectivity index (χ4n) is 3.29. The van der Waals surface area contributed by atoms with Crippen LogP contribution >= 0.6 is 0 Å². The third-order valence-electron chi connectivity index (χ3n) is 4.69. The van der Waals surface area contributed by atoms with Crippen LogP contribution in [-0.2, 0) is 4.79 Å². The van der Waals surface area contributed by atoms with E-state index in [2.05, 4.69) is 11.9 Å². The van der Waals surface area contributed by atoms with Crippen molar-refractivity contribution < 1.29 is 19.5 Å². The molecule has 0 aliphatic carbocycles. The highest BCUT2D eigenvalue weighted by Gasteiger charge is 2.43. The third kappa shape index (κ3) is 5.69. The Morgan fingerprint density at radius 3 is 2.32 bits per heavy atom. The third-order valence-corrected chi connectivity index (χ3v) is 4.69. The van der Waals surface area contributed by atoms with Gasteiger partial charge in [0, 0.05) is 13.3 Å². The van der Waals surface area contributed by atoms with E-state index in [1.54, 1.807) is 6.92 Å². The molecule has 0 saturated carbocycles. The fraction of sp³-hybridized carbons (Fsp3) is 0.882. The van der Waals surface area contributed by atoms with Crippen LogP contribution in [-0.4, -0.2) is 52.4 Å². The first-order valence-corrected chi connectivity index (χ1v) is 8.83. The molecule has 1 aliphatic rings. The Hall–Kier alpha value is -0.940. The molecule has 0 amide bonds. The van der Waals surface area contributed by atoms with Gasteiger partial charge in [0.25, 0.3) is 0 Å². The highest BCUT2D eigenvalue weighted by molar-refractivity contribution is 5.80. The summed E-state index contributed by atoms with van der Waals surface area (Å²) < 4.78 is 0.131. The van der Waals surface area contributed by atoms with Crippen molar-refractivity contribution in [2.24, 2.45) is 4.99 Å². The SMILES string of the molecule is CCCCCCCCCCC1=NCC[N+]1(CC(=O)O)C(C)O. The van der Waals surface area contributed by atoms with E-state index in [9.17, 15) is 9.90 Å². The molecule has 0 fully saturated rings. The molecule has 1 heterocycles. The smallest absolute Gasteiger partial charge is 0.359 e. The van der Waals surface area contributed by atoms with E-state index in [1.807, 2.05) is 0 Å². The van der Waals surface area contributed by atoms with E-state index in [4.69, 9.17) is 5.11 Å². The second-order valence-electron chi connectivity index (χ2n) is 6.46. The monoisotopic (exact) mass is 313 g/mol. The topological polar surface area (TPSA) is 69.9 Å². The summed E-state index contributed by atoms with van der Waals surface area (Å²) in [5.74, 6) is 0.00908. The lowest BCUT2D eigenvalue weighted by molar-refractivity contribution is -0.877. The molecule has 5 nitrogen and oxygen atoms in total. The molecular formula is C17H33N2O3+. The van der Waals surface area contributed by atoms with E-state index in [-0.39, 0.29) is 11.0 Å². The number of carbonyl (C=O) groups is 1. The first-order valence-electron chi connectivity index (χ1n) is 8.83. The number of aliphatic imine (C=N–C) groups is 1. The standard InChI is InChI=1S/C17H32N2O3/c1-3-4-5-6-7-8-9-10-11-16-18-12-13-19(16,15(2)20)14-17(21)22/h15,20H,3-14H2,1-2H3/p+1. The van der Waals surface area contributed by atoms with Crippen LogP contribution in [0.2, 0.25) is 0 Å². The van der Waals surface area contributed by atoms with Gasteiger partial charge in [0.2, 0.25) is 5.84 Å². The van der Waals surface area contributed by atoms with Gasteiger partial charge in [0.15, 0.2) is 12.8 Å². The van der Waals surface area contributed by atoms with Crippen LogP contribution in [0, 0.1) is 0 Å². The number of rotatable bonds is 12. The summed E-state index contributed by atoms with van der Waals surface area (Å²) in [6.45, 7) is 5.08. The van der Waals surface area contributed by atoms with Crippen molar-refractivity contribution in [2.75, 3.05) is 19.6 Å². The van der Waals surface area contributed by atoms with E-state index in [0.717, 1.165) is 25.1 Å². The molecule has 0 aromatic heterocycles. The number of carboxylic acids is 1. The number of unbranched alkanes of at least 4 members (excludes halogenated alkanes) is 7. The summed E-state index contributed by atoms with van der Waals surface area (Å²) in [6, 6.07) is 0. The summed E-state index contributed by atoms with van der Waals surface area (Å²) in [6.07, 6.45) is 10.1. The molecule has 0 radical (unpaired) electrons. The lowest BCUT2D eigenvalue weighted by Crippen LogP contribution is -2.59. The fourth-order valence-corrected chi connectivity index (χ4v) is 3.29. The minimum absolute atomic E-state index is 0.0620. The summed E-state index contributed by atoms with van der Waals surface area (Å²) >= 11 is 0. The maximum atomic E-state index is 11.1. The zero-order valence-corrected chi connectivity index (χ0v) is 14.3. The number of amidine groups is 1. The molecule has 128 valence electrons. The Morgan fingerprint density at radius 2 is 1.77 bits per heavy atom. The molecule has 2 atom stereocenters. The number of aliphatic carboxylic acids is 1. The Bertz CT molecular complexity index is 369. The van der Waals surface area contributed by atoms with Gasteiger partial charge in [0.1, 0.15) is 6.54 Å². The van der Waals surface area contributed by atoms with E-state index in [0.29, 0.717) is 13.1 Å². The molecule has 1 aliphatic heterocycles. The maximum Gasteiger partial charge on any atom is 0.359 e. The average Bonchev–Trinajstić information content (AvgIpc) is 2.85. The second-order valence-corrected chi connectivity index (χ2v) is 6.46. The van der Waals surface area contributed by atoms with Gasteiger partial charge in [-0.05, 0) is 6.42 Å². The van der Waals surface area contributed by atoms with Gasteiger partial charge in [-0.1, -0.05) is 51.9 Å². The predicted molar refractivity (Wildman–Crippen MR) is 88.8 cm³/mol. The largest absolute Gasteiger partial charge is 0.477 e. The molecule has 2 unspecified atom stereocenters. The Labute approximate surface area is 134 Å². The predicted octanol–water partition coefficient (Wildman–Crippen LogP) is 3.17. The number of nitrogens with zero attached hydrogens (tertiary/aromatic N) is 2. The number of aliphatic hydroxyl groups is 1. The summed E-state index contributed by atoms with van der Waals surface area (Å²) in [5, 5.41) is 19.2. The molecule has 0 aromatic rings. The molecule has 0 bridgehead atoms. The normalized spacial score (nSPS) is 22.6. The van der Waals surface area contributed by atoms with Crippen molar-refractivity contribution in [3.05, 3.63) is 0 Å². The number of aliphatic hydroxyl groups excluding tert-OH is 1. The molecule has 5 heteroatoms. The zero-order valence-electron chi connectivity index (χ0n) is 14.3. The Kier molecular flexibility index (Phi) is 8.64. The Morgan fingerprint density at radius 1 is 1.18 bits per heavy atom. The quantitative estimate of drug-likeness (QED) is 0.429. The second kappa shape index (κ2) is 9.95. The minimum Gasteiger partial charge on any atom is -0.477 e. The number of quaternary nitrogens is 1. The number of carboxylic acid groups (broad SMARTS) is 1. The lowest BCUT2D eigenvalue weighted by Gasteiger charge is -2.35. The van der Waals surface area contributed by atoms with Gasteiger partial charge in [-0.25, -0.2) is 14.3 Å². The van der Waals surface area contributed by atoms with Crippen LogP contribution in [0.15, 0.2) is 4.99 Å². The maximum absolute atomic E-state index is 11.1. The van der Waals surface area contributed by atoms with Gasteiger partial charge in [-0.3, -0.25) is 0 Å². The first-order chi connectivity index (χ1) is 10.5. The van der Waals surface area contributed by atoms with Crippen LogP contribution in [0.1, 0.15) is 71.6 Å². The highest BCUT2D eigenvalue weighted by Crippen LogP contribution is 2.23. The van der Waals surface area contributed by atoms with E-state index >= 15 is 0 Å². The van der Waals surface area contributed by atoms with Gasteiger partial charge in [-0.2, -0.15) is 0 Å². The summed E-state index contributed by atoms with van der Waals surface area (Å²) in [7, 11) is 0. The molecule has 2 N–H and O–H groups in total. The summed E-state index contributed by atoms with van der Waals surface area (Å²) in [5.41, 5.74) is 0. The van der Waals surface area contributed by atoms with Crippen LogP contribution in [0.25, 0.3) is 0 Å². The molecule has 1 rings (SSSR count). The molecular weight excluding hydrogens is 280 g/mol. The van der Waals surface area contributed by atoms with Crippen molar-refractivity contribution in [2.45, 2.75) is 77.9 Å². The minimum atomic E-state index is -0.869. The molecule has 22 heavy (non-hydrogen) atoms. The first kappa shape index (κ1) is 19.1. The zero-order chi connectivity index (χ0) is 16.4. The van der Waals surface area contributed by atoms with Crippen molar-refractivity contribution in [1.29, 1.82) is 0 Å². The van der Waals surface area contributed by atoms with Gasteiger partial charge >= 0.3 is 5.97 Å². The van der Waals surface area contributed by atoms with E-state index < -0.39 is 12.2 Å². The van der Waals surface area contributed by atoms with Crippen LogP contribution in [0.4, 0.5) is 0 Å². The average molecular weight is 313 g/mol. The van der Waals surface area contributed by atoms with Crippen LogP contribution in [0.5, 0.6) is 0 Å². The molecule has 0 saturated heterocycles. The van der Waals surface area contributed by atoms with Gasteiger partial charge in [0.05, 0.1) is 6.54 Å². The lowest BCUT2D eigenvalue weighted by atomic mass is 10.1. The molecule has 0 spiro atoms. The summed E-state index contributed by atoms with van der Waals surface area (Å²) in [4.78, 5) is 15.6. The number of hydrogen-bond donors (Lipinski definition) is 2. The van der Waals surface area contributed by atoms with Crippen LogP contribution < -0.4 is 0 Å². The molecule has 0 aromatic carbocycles. The van der Waals surface area contributed by atoms with Crippen molar-refractivity contribution >= 4 is 11.8 Å². The van der Waals surface area contributed by atoms with Crippen molar-refractivity contribution in [3.8, 4) is 0 Å².